The second-order valence-corrected chi connectivity index (χ2v) is 7.06. The van der Waals surface area contributed by atoms with Crippen molar-refractivity contribution in [2.24, 2.45) is 17.6 Å². The summed E-state index contributed by atoms with van der Waals surface area (Å²) >= 11 is 0. The third-order valence-corrected chi connectivity index (χ3v) is 5.54. The zero-order chi connectivity index (χ0) is 15.8. The van der Waals surface area contributed by atoms with Gasteiger partial charge in [0.2, 0.25) is 0 Å². The van der Waals surface area contributed by atoms with Crippen LogP contribution in [-0.2, 0) is 0 Å². The fourth-order valence-electron chi connectivity index (χ4n) is 3.82. The Bertz CT molecular complexity index is 263. The molecule has 0 saturated heterocycles. The highest BCUT2D eigenvalue weighted by Gasteiger charge is 2.32. The Morgan fingerprint density at radius 1 is 1.00 bits per heavy atom. The van der Waals surface area contributed by atoms with E-state index < -0.39 is 0 Å². The molecule has 0 aliphatic heterocycles. The van der Waals surface area contributed by atoms with Crippen LogP contribution in [0.2, 0.25) is 0 Å². The Morgan fingerprint density at radius 2 is 1.67 bits per heavy atom. The van der Waals surface area contributed by atoms with Crippen molar-refractivity contribution in [1.82, 2.24) is 9.80 Å². The maximum Gasteiger partial charge on any atom is 0.0249 e. The van der Waals surface area contributed by atoms with Crippen LogP contribution >= 0.6 is 0 Å². The van der Waals surface area contributed by atoms with Crippen LogP contribution in [0.1, 0.15) is 60.3 Å². The molecule has 3 heteroatoms. The lowest BCUT2D eigenvalue weighted by molar-refractivity contribution is 0.0966. The summed E-state index contributed by atoms with van der Waals surface area (Å²) in [5.41, 5.74) is 6.45. The van der Waals surface area contributed by atoms with Crippen molar-refractivity contribution in [3.05, 3.63) is 0 Å². The molecule has 1 aliphatic carbocycles. The van der Waals surface area contributed by atoms with Crippen molar-refractivity contribution in [3.8, 4) is 0 Å². The Kier molecular flexibility index (Phi) is 8.84. The predicted octanol–water partition coefficient (Wildman–Crippen LogP) is 3.19. The molecule has 3 atom stereocenters. The molecule has 0 radical (unpaired) electrons. The molecule has 0 amide bonds. The molecule has 1 fully saturated rings. The first-order valence-electron chi connectivity index (χ1n) is 9.25. The molecule has 126 valence electrons. The van der Waals surface area contributed by atoms with Gasteiger partial charge >= 0.3 is 0 Å². The van der Waals surface area contributed by atoms with E-state index in [1.807, 2.05) is 0 Å². The number of likely N-dealkylation sites (N-methyl/N-ethyl adjacent to an activating group) is 1. The van der Waals surface area contributed by atoms with E-state index >= 15 is 0 Å². The van der Waals surface area contributed by atoms with Crippen LogP contribution in [0.5, 0.6) is 0 Å². The smallest absolute Gasteiger partial charge is 0.0249 e. The molecule has 0 heterocycles. The normalized spacial score (nSPS) is 27.0. The van der Waals surface area contributed by atoms with Crippen LogP contribution in [-0.4, -0.2) is 54.6 Å². The second-order valence-electron chi connectivity index (χ2n) is 7.06. The molecule has 0 aromatic carbocycles. The Balaban J connectivity index is 2.48. The Hall–Kier alpha value is -0.120. The maximum absolute atomic E-state index is 6.45. The number of hydrogen-bond acceptors (Lipinski definition) is 3. The Labute approximate surface area is 133 Å². The fourth-order valence-corrected chi connectivity index (χ4v) is 3.82. The first-order valence-corrected chi connectivity index (χ1v) is 9.25. The lowest BCUT2D eigenvalue weighted by atomic mass is 9.76. The van der Waals surface area contributed by atoms with Crippen molar-refractivity contribution in [3.63, 3.8) is 0 Å². The van der Waals surface area contributed by atoms with Crippen molar-refractivity contribution < 1.29 is 0 Å². The number of nitrogens with two attached hydrogens (primary N) is 1. The molecular formula is C18H39N3. The van der Waals surface area contributed by atoms with Crippen LogP contribution in [0.4, 0.5) is 0 Å². The van der Waals surface area contributed by atoms with E-state index in [2.05, 4.69) is 44.4 Å². The van der Waals surface area contributed by atoms with Gasteiger partial charge in [-0.2, -0.15) is 0 Å². The van der Waals surface area contributed by atoms with Crippen LogP contribution in [0.15, 0.2) is 0 Å². The van der Waals surface area contributed by atoms with Crippen LogP contribution in [0.3, 0.4) is 0 Å². The van der Waals surface area contributed by atoms with E-state index in [4.69, 9.17) is 5.73 Å². The van der Waals surface area contributed by atoms with Crippen molar-refractivity contribution in [2.75, 3.05) is 32.7 Å². The second kappa shape index (κ2) is 9.81. The van der Waals surface area contributed by atoms with Crippen molar-refractivity contribution in [1.29, 1.82) is 0 Å². The predicted molar refractivity (Wildman–Crippen MR) is 93.6 cm³/mol. The zero-order valence-electron chi connectivity index (χ0n) is 15.1. The standard InChI is InChI=1S/C18H39N3/c1-6-20(7-2)12-9-13-21(8-3)18-14-16(15(4)5)10-11-17(18)19/h15-18H,6-14,19H2,1-5H3. The van der Waals surface area contributed by atoms with Gasteiger partial charge in [-0.25, -0.2) is 0 Å². The molecule has 0 bridgehead atoms. The van der Waals surface area contributed by atoms with Crippen molar-refractivity contribution >= 4 is 0 Å². The van der Waals surface area contributed by atoms with Gasteiger partial charge in [-0.15, -0.1) is 0 Å². The molecule has 1 saturated carbocycles. The van der Waals surface area contributed by atoms with Gasteiger partial charge < -0.3 is 10.6 Å². The Morgan fingerprint density at radius 3 is 2.19 bits per heavy atom. The summed E-state index contributed by atoms with van der Waals surface area (Å²) in [4.78, 5) is 5.17. The maximum atomic E-state index is 6.45. The van der Waals surface area contributed by atoms with Crippen LogP contribution in [0, 0.1) is 11.8 Å². The van der Waals surface area contributed by atoms with Gasteiger partial charge in [-0.3, -0.25) is 4.90 Å². The minimum Gasteiger partial charge on any atom is -0.326 e. The molecule has 0 aromatic heterocycles. The number of nitrogens with zero attached hydrogens (tertiary/aromatic N) is 2. The summed E-state index contributed by atoms with van der Waals surface area (Å²) in [6, 6.07) is 0.987. The summed E-state index contributed by atoms with van der Waals surface area (Å²) in [6.45, 7) is 17.4. The first-order chi connectivity index (χ1) is 10.0. The molecule has 1 rings (SSSR count). The molecule has 3 nitrogen and oxygen atoms in total. The highest BCUT2D eigenvalue weighted by Crippen LogP contribution is 2.32. The fraction of sp³-hybridized carbons (Fsp3) is 1.00. The van der Waals surface area contributed by atoms with Crippen LogP contribution < -0.4 is 5.73 Å². The quantitative estimate of drug-likeness (QED) is 0.709. The minimum atomic E-state index is 0.383. The zero-order valence-corrected chi connectivity index (χ0v) is 15.1. The highest BCUT2D eigenvalue weighted by molar-refractivity contribution is 4.90. The summed E-state index contributed by atoms with van der Waals surface area (Å²) in [5.74, 6) is 1.67. The average Bonchev–Trinajstić information content (AvgIpc) is 2.48. The van der Waals surface area contributed by atoms with E-state index in [-0.39, 0.29) is 0 Å². The summed E-state index contributed by atoms with van der Waals surface area (Å²) in [7, 11) is 0. The number of hydrogen-bond donors (Lipinski definition) is 1. The van der Waals surface area contributed by atoms with E-state index in [0.717, 1.165) is 18.4 Å². The average molecular weight is 298 g/mol. The van der Waals surface area contributed by atoms with Gasteiger partial charge in [0.1, 0.15) is 0 Å². The minimum absolute atomic E-state index is 0.383. The third kappa shape index (κ3) is 5.88. The molecule has 2 N–H and O–H groups in total. The first kappa shape index (κ1) is 18.9. The van der Waals surface area contributed by atoms with Gasteiger partial charge in [0, 0.05) is 12.1 Å². The summed E-state index contributed by atoms with van der Waals surface area (Å²) in [6.07, 6.45) is 5.11. The van der Waals surface area contributed by atoms with Gasteiger partial charge in [0.25, 0.3) is 0 Å². The topological polar surface area (TPSA) is 32.5 Å². The molecular weight excluding hydrogens is 258 g/mol. The van der Waals surface area contributed by atoms with Crippen molar-refractivity contribution in [2.45, 2.75) is 72.4 Å². The van der Waals surface area contributed by atoms with Crippen LogP contribution in [0.25, 0.3) is 0 Å². The monoisotopic (exact) mass is 297 g/mol. The summed E-state index contributed by atoms with van der Waals surface area (Å²) in [5, 5.41) is 0. The lowest BCUT2D eigenvalue weighted by Gasteiger charge is -2.42. The molecule has 21 heavy (non-hydrogen) atoms. The van der Waals surface area contributed by atoms with Gasteiger partial charge in [-0.1, -0.05) is 34.6 Å². The van der Waals surface area contributed by atoms with E-state index in [1.54, 1.807) is 0 Å². The van der Waals surface area contributed by atoms with E-state index in [0.29, 0.717) is 12.1 Å². The largest absolute Gasteiger partial charge is 0.326 e. The van der Waals surface area contributed by atoms with Gasteiger partial charge in [-0.05, 0) is 70.2 Å². The van der Waals surface area contributed by atoms with E-state index in [9.17, 15) is 0 Å². The molecule has 3 unspecified atom stereocenters. The van der Waals surface area contributed by atoms with Gasteiger partial charge in [0.05, 0.1) is 0 Å². The molecule has 0 aromatic rings. The number of rotatable bonds is 9. The van der Waals surface area contributed by atoms with E-state index in [1.165, 1.54) is 51.9 Å². The highest BCUT2D eigenvalue weighted by atomic mass is 15.2. The summed E-state index contributed by atoms with van der Waals surface area (Å²) < 4.78 is 0. The molecule has 0 spiro atoms. The SMILES string of the molecule is CCN(CC)CCCN(CC)C1CC(C(C)C)CCC1N. The lowest BCUT2D eigenvalue weighted by Crippen LogP contribution is -2.52. The van der Waals surface area contributed by atoms with Gasteiger partial charge in [0.15, 0.2) is 0 Å². The third-order valence-electron chi connectivity index (χ3n) is 5.54. The molecule has 1 aliphatic rings.